The van der Waals surface area contributed by atoms with Gasteiger partial charge in [0, 0.05) is 56.6 Å². The van der Waals surface area contributed by atoms with Gasteiger partial charge < -0.3 is 39.5 Å². The molecule has 51 heavy (non-hydrogen) atoms. The average Bonchev–Trinajstić information content (AvgIpc) is 3.77. The minimum absolute atomic E-state index is 0.0334. The number of hydrogen-bond acceptors (Lipinski definition) is 10. The van der Waals surface area contributed by atoms with Gasteiger partial charge in [0.2, 0.25) is 11.8 Å². The van der Waals surface area contributed by atoms with Crippen molar-refractivity contribution in [3.8, 4) is 5.75 Å². The molecule has 5 amide bonds. The molecule has 3 aliphatic rings. The molecule has 0 spiro atoms. The maximum atomic E-state index is 13.8. The zero-order valence-electron chi connectivity index (χ0n) is 29.8. The molecule has 3 heterocycles. The van der Waals surface area contributed by atoms with E-state index in [4.69, 9.17) is 14.2 Å². The molecular formula is C36H48N6O9. The van der Waals surface area contributed by atoms with E-state index in [1.165, 1.54) is 11.0 Å². The van der Waals surface area contributed by atoms with Gasteiger partial charge in [0.1, 0.15) is 29.1 Å². The van der Waals surface area contributed by atoms with Crippen molar-refractivity contribution in [1.29, 1.82) is 0 Å². The highest BCUT2D eigenvalue weighted by molar-refractivity contribution is 5.99. The number of fused-ring (bicyclic) bond motifs is 1. The zero-order valence-corrected chi connectivity index (χ0v) is 29.8. The lowest BCUT2D eigenvalue weighted by Gasteiger charge is -2.36. The van der Waals surface area contributed by atoms with Gasteiger partial charge in [-0.3, -0.25) is 24.0 Å². The number of nitrogens with zero attached hydrogens (tertiary/aromatic N) is 4. The molecular weight excluding hydrogens is 660 g/mol. The third-order valence-electron chi connectivity index (χ3n) is 8.84. The van der Waals surface area contributed by atoms with Crippen LogP contribution in [-0.4, -0.2) is 125 Å². The summed E-state index contributed by atoms with van der Waals surface area (Å²) in [5.41, 5.74) is -0.349. The van der Waals surface area contributed by atoms with Crippen molar-refractivity contribution in [2.75, 3.05) is 45.9 Å². The second-order valence-corrected chi connectivity index (χ2v) is 14.0. The van der Waals surface area contributed by atoms with Crippen LogP contribution in [0.15, 0.2) is 30.3 Å². The Balaban J connectivity index is 1.30. The molecule has 15 nitrogen and oxygen atoms in total. The maximum Gasteiger partial charge on any atom is 0.409 e. The van der Waals surface area contributed by atoms with Crippen molar-refractivity contribution < 1.29 is 43.0 Å². The van der Waals surface area contributed by atoms with E-state index >= 15 is 0 Å². The molecule has 2 unspecified atom stereocenters. The summed E-state index contributed by atoms with van der Waals surface area (Å²) in [7, 11) is 0. The molecule has 3 fully saturated rings. The molecule has 0 bridgehead atoms. The number of amides is 5. The Kier molecular flexibility index (Phi) is 12.0. The third kappa shape index (κ3) is 10.1. The van der Waals surface area contributed by atoms with Gasteiger partial charge >= 0.3 is 12.1 Å². The molecule has 1 aromatic heterocycles. The van der Waals surface area contributed by atoms with Crippen LogP contribution in [0, 0.1) is 0 Å². The molecule has 2 aliphatic heterocycles. The summed E-state index contributed by atoms with van der Waals surface area (Å²) in [6.45, 7) is 8.23. The van der Waals surface area contributed by atoms with Crippen molar-refractivity contribution in [2.45, 2.75) is 89.9 Å². The topological polar surface area (TPSA) is 177 Å². The van der Waals surface area contributed by atoms with Crippen molar-refractivity contribution in [3.63, 3.8) is 0 Å². The van der Waals surface area contributed by atoms with Crippen LogP contribution in [0.4, 0.5) is 4.79 Å². The highest BCUT2D eigenvalue weighted by atomic mass is 16.6. The Labute approximate surface area is 297 Å². The van der Waals surface area contributed by atoms with Crippen molar-refractivity contribution in [3.05, 3.63) is 36.0 Å². The van der Waals surface area contributed by atoms with E-state index in [2.05, 4.69) is 15.6 Å². The fourth-order valence-electron chi connectivity index (χ4n) is 6.15. The van der Waals surface area contributed by atoms with Crippen LogP contribution in [0.5, 0.6) is 5.75 Å². The van der Waals surface area contributed by atoms with Crippen LogP contribution >= 0.6 is 0 Å². The van der Waals surface area contributed by atoms with Crippen molar-refractivity contribution in [2.24, 2.45) is 0 Å². The van der Waals surface area contributed by atoms with Crippen LogP contribution in [0.2, 0.25) is 0 Å². The number of carbonyl (C=O) groups excluding carboxylic acids is 6. The molecule has 2 atom stereocenters. The lowest BCUT2D eigenvalue weighted by Crippen LogP contribution is -2.56. The van der Waals surface area contributed by atoms with Crippen LogP contribution in [0.25, 0.3) is 10.9 Å². The summed E-state index contributed by atoms with van der Waals surface area (Å²) < 4.78 is 16.5. The SMILES string of the molecule is CCOC(=O)N1CCN(C(=O)C(CCC(=O)OC(C)(C)C)NC(=O)c2cc(OCC(=O)N3CCCC3C(=O)NC3CC3)c3ccccc3n2)CC1. The largest absolute Gasteiger partial charge is 0.483 e. The number of esters is 1. The van der Waals surface area contributed by atoms with Gasteiger partial charge in [-0.15, -0.1) is 0 Å². The van der Waals surface area contributed by atoms with E-state index in [-0.39, 0.29) is 81.5 Å². The Bertz CT molecular complexity index is 1630. The number of rotatable bonds is 12. The first kappa shape index (κ1) is 37.3. The Morgan fingerprint density at radius 2 is 1.67 bits per heavy atom. The van der Waals surface area contributed by atoms with Gasteiger partial charge in [-0.25, -0.2) is 9.78 Å². The first-order chi connectivity index (χ1) is 24.3. The third-order valence-corrected chi connectivity index (χ3v) is 8.84. The fourth-order valence-corrected chi connectivity index (χ4v) is 6.15. The molecule has 2 saturated heterocycles. The molecule has 15 heteroatoms. The van der Waals surface area contributed by atoms with E-state index in [0.29, 0.717) is 30.3 Å². The standard InChI is InChI=1S/C36H48N6O9/c1-5-49-35(48)41-19-17-40(18-20-41)34(47)26(14-15-31(44)51-36(2,3)4)39-32(45)27-21-29(24-9-6-7-10-25(24)38-27)50-22-30(43)42-16-8-11-28(42)33(46)37-23-12-13-23/h6-7,9-10,21,23,26,28H,5,8,11-20,22H2,1-4H3,(H,37,46)(H,39,45). The molecule has 5 rings (SSSR count). The summed E-state index contributed by atoms with van der Waals surface area (Å²) >= 11 is 0. The monoisotopic (exact) mass is 708 g/mol. The van der Waals surface area contributed by atoms with E-state index < -0.39 is 41.6 Å². The van der Waals surface area contributed by atoms with Crippen molar-refractivity contribution >= 4 is 46.6 Å². The first-order valence-electron chi connectivity index (χ1n) is 17.7. The number of hydrogen-bond donors (Lipinski definition) is 2. The van der Waals surface area contributed by atoms with Gasteiger partial charge in [0.05, 0.1) is 12.1 Å². The minimum atomic E-state index is -1.10. The number of pyridine rings is 1. The van der Waals surface area contributed by atoms with E-state index in [0.717, 1.165) is 12.8 Å². The summed E-state index contributed by atoms with van der Waals surface area (Å²) in [5.74, 6) is -1.86. The smallest absolute Gasteiger partial charge is 0.409 e. The number of aromatic nitrogens is 1. The van der Waals surface area contributed by atoms with Crippen LogP contribution in [0.1, 0.15) is 76.7 Å². The van der Waals surface area contributed by atoms with Gasteiger partial charge in [0.15, 0.2) is 6.61 Å². The predicted molar refractivity (Wildman–Crippen MR) is 185 cm³/mol. The van der Waals surface area contributed by atoms with Crippen LogP contribution in [0.3, 0.4) is 0 Å². The molecule has 0 radical (unpaired) electrons. The molecule has 2 aromatic rings. The van der Waals surface area contributed by atoms with E-state index in [1.807, 2.05) is 0 Å². The Morgan fingerprint density at radius 3 is 2.35 bits per heavy atom. The Morgan fingerprint density at radius 1 is 0.961 bits per heavy atom. The lowest BCUT2D eigenvalue weighted by atomic mass is 10.1. The predicted octanol–water partition coefficient (Wildman–Crippen LogP) is 2.40. The first-order valence-corrected chi connectivity index (χ1v) is 17.7. The summed E-state index contributed by atoms with van der Waals surface area (Å²) in [5, 5.41) is 6.31. The number of carbonyl (C=O) groups is 6. The normalized spacial score (nSPS) is 18.2. The summed E-state index contributed by atoms with van der Waals surface area (Å²) in [6, 6.07) is 6.95. The van der Waals surface area contributed by atoms with E-state index in [9.17, 15) is 28.8 Å². The van der Waals surface area contributed by atoms with Crippen molar-refractivity contribution in [1.82, 2.24) is 30.3 Å². The number of piperazine rings is 1. The highest BCUT2D eigenvalue weighted by Crippen LogP contribution is 2.27. The molecule has 1 saturated carbocycles. The Hall–Kier alpha value is -4.95. The van der Waals surface area contributed by atoms with Gasteiger partial charge in [0.25, 0.3) is 11.8 Å². The van der Waals surface area contributed by atoms with Gasteiger partial charge in [-0.1, -0.05) is 12.1 Å². The fraction of sp³-hybridized carbons (Fsp3) is 0.583. The highest BCUT2D eigenvalue weighted by Gasteiger charge is 2.37. The zero-order chi connectivity index (χ0) is 36.7. The van der Waals surface area contributed by atoms with Gasteiger partial charge in [-0.2, -0.15) is 0 Å². The molecule has 2 N–H and O–H groups in total. The number of ether oxygens (including phenoxy) is 3. The number of benzene rings is 1. The summed E-state index contributed by atoms with van der Waals surface area (Å²) in [4.78, 5) is 87.5. The quantitative estimate of drug-likeness (QED) is 0.312. The summed E-state index contributed by atoms with van der Waals surface area (Å²) in [6.07, 6.45) is 2.58. The van der Waals surface area contributed by atoms with Gasteiger partial charge in [-0.05, 0) is 71.9 Å². The van der Waals surface area contributed by atoms with Crippen LogP contribution in [-0.2, 0) is 28.7 Å². The van der Waals surface area contributed by atoms with Crippen LogP contribution < -0.4 is 15.4 Å². The average molecular weight is 709 g/mol. The lowest BCUT2D eigenvalue weighted by molar-refractivity contribution is -0.155. The second-order valence-electron chi connectivity index (χ2n) is 14.0. The minimum Gasteiger partial charge on any atom is -0.483 e. The molecule has 1 aliphatic carbocycles. The second kappa shape index (κ2) is 16.4. The molecule has 1 aromatic carbocycles. The van der Waals surface area contributed by atoms with E-state index in [1.54, 1.807) is 61.8 Å². The molecule has 276 valence electrons. The number of para-hydroxylation sites is 1. The number of nitrogens with one attached hydrogen (secondary N) is 2. The number of likely N-dealkylation sites (tertiary alicyclic amines) is 1. The maximum absolute atomic E-state index is 13.8.